The predicted octanol–water partition coefficient (Wildman–Crippen LogP) is 10.0. The summed E-state index contributed by atoms with van der Waals surface area (Å²) in [7, 11) is 0. The Morgan fingerprint density at radius 3 is 1.18 bits per heavy atom. The van der Waals surface area contributed by atoms with Gasteiger partial charge in [0.2, 0.25) is 0 Å². The van der Waals surface area contributed by atoms with Crippen LogP contribution in [0.15, 0.2) is 164 Å². The molecule has 8 aromatic rings. The highest BCUT2D eigenvalue weighted by atomic mass is 15.0. The highest BCUT2D eigenvalue weighted by Crippen LogP contribution is 2.31. The second kappa shape index (κ2) is 13.2. The molecular formula is C43H30N6. The van der Waals surface area contributed by atoms with Gasteiger partial charge in [0.1, 0.15) is 0 Å². The Balaban J connectivity index is 1.11. The van der Waals surface area contributed by atoms with Gasteiger partial charge in [0.15, 0.2) is 17.5 Å². The topological polar surface area (TPSA) is 77.3 Å². The van der Waals surface area contributed by atoms with E-state index in [1.165, 1.54) is 0 Å². The molecule has 0 spiro atoms. The van der Waals surface area contributed by atoms with Crippen molar-refractivity contribution in [2.75, 3.05) is 0 Å². The van der Waals surface area contributed by atoms with E-state index in [0.29, 0.717) is 17.5 Å². The molecule has 0 aliphatic rings. The summed E-state index contributed by atoms with van der Waals surface area (Å²) in [5.74, 6) is 1.90. The zero-order chi connectivity index (χ0) is 33.0. The van der Waals surface area contributed by atoms with Crippen molar-refractivity contribution >= 4 is 0 Å². The molecule has 6 heteroatoms. The van der Waals surface area contributed by atoms with E-state index in [1.807, 2.05) is 122 Å². The Kier molecular flexibility index (Phi) is 8.02. The molecule has 0 unspecified atom stereocenters. The summed E-state index contributed by atoms with van der Waals surface area (Å²) < 4.78 is 0. The first-order chi connectivity index (χ1) is 24.2. The minimum atomic E-state index is 0.621. The first kappa shape index (κ1) is 29.7. The van der Waals surface area contributed by atoms with E-state index in [0.717, 1.165) is 67.3 Å². The summed E-state index contributed by atoms with van der Waals surface area (Å²) in [5.41, 5.74) is 11.3. The van der Waals surface area contributed by atoms with Crippen LogP contribution in [-0.2, 0) is 0 Å². The molecule has 0 aliphatic heterocycles. The molecule has 6 nitrogen and oxygen atoms in total. The van der Waals surface area contributed by atoms with Gasteiger partial charge in [-0.2, -0.15) is 0 Å². The van der Waals surface area contributed by atoms with Crippen molar-refractivity contribution in [2.24, 2.45) is 0 Å². The Bertz CT molecular complexity index is 2280. The number of hydrogen-bond donors (Lipinski definition) is 0. The number of hydrogen-bond acceptors (Lipinski definition) is 6. The van der Waals surface area contributed by atoms with Gasteiger partial charge in [-0.25, -0.2) is 19.9 Å². The molecule has 0 saturated heterocycles. The molecule has 4 aromatic heterocycles. The standard InChI is InChI=1S/C43H30N6/c1-29-17-23-37(44-27-29)39-25-36(30-11-5-2-6-12-30)26-40(46-39)38-24-22-35(28-45-38)31-18-20-34(21-19-31)43-48-41(32-13-7-3-8-14-32)47-42(49-43)33-15-9-4-10-16-33/h2-28H,1H3. The number of nitrogens with zero attached hydrogens (tertiary/aromatic N) is 6. The van der Waals surface area contributed by atoms with Crippen LogP contribution in [0.2, 0.25) is 0 Å². The van der Waals surface area contributed by atoms with E-state index < -0.39 is 0 Å². The maximum Gasteiger partial charge on any atom is 0.164 e. The van der Waals surface area contributed by atoms with Gasteiger partial charge in [0.25, 0.3) is 0 Å². The van der Waals surface area contributed by atoms with Gasteiger partial charge in [-0.1, -0.05) is 127 Å². The molecule has 0 fully saturated rings. The fraction of sp³-hybridized carbons (Fsp3) is 0.0233. The third-order valence-electron chi connectivity index (χ3n) is 8.31. The monoisotopic (exact) mass is 630 g/mol. The molecule has 0 saturated carbocycles. The number of benzene rings is 4. The van der Waals surface area contributed by atoms with Crippen molar-refractivity contribution < 1.29 is 0 Å². The second-order valence-corrected chi connectivity index (χ2v) is 11.8. The minimum Gasteiger partial charge on any atom is -0.254 e. The van der Waals surface area contributed by atoms with E-state index >= 15 is 0 Å². The Labute approximate surface area is 285 Å². The van der Waals surface area contributed by atoms with Crippen LogP contribution < -0.4 is 0 Å². The van der Waals surface area contributed by atoms with Crippen LogP contribution in [-0.4, -0.2) is 29.9 Å². The lowest BCUT2D eigenvalue weighted by molar-refractivity contribution is 1.07. The van der Waals surface area contributed by atoms with Crippen molar-refractivity contribution in [3.63, 3.8) is 0 Å². The zero-order valence-corrected chi connectivity index (χ0v) is 26.8. The van der Waals surface area contributed by atoms with Crippen LogP contribution in [0.25, 0.3) is 79.2 Å². The van der Waals surface area contributed by atoms with Gasteiger partial charge < -0.3 is 0 Å². The lowest BCUT2D eigenvalue weighted by atomic mass is 10.0. The molecule has 0 bridgehead atoms. The summed E-state index contributed by atoms with van der Waals surface area (Å²) in [5, 5.41) is 0. The largest absolute Gasteiger partial charge is 0.254 e. The molecule has 0 aliphatic carbocycles. The van der Waals surface area contributed by atoms with E-state index in [9.17, 15) is 0 Å². The molecule has 0 amide bonds. The average molecular weight is 631 g/mol. The second-order valence-electron chi connectivity index (χ2n) is 11.8. The minimum absolute atomic E-state index is 0.621. The fourth-order valence-electron chi connectivity index (χ4n) is 5.68. The Morgan fingerprint density at radius 1 is 0.306 bits per heavy atom. The Hall–Kier alpha value is -6.66. The van der Waals surface area contributed by atoms with Crippen molar-refractivity contribution in [3.8, 4) is 79.2 Å². The average Bonchev–Trinajstić information content (AvgIpc) is 3.19. The van der Waals surface area contributed by atoms with Crippen LogP contribution in [0.1, 0.15) is 5.56 Å². The summed E-state index contributed by atoms with van der Waals surface area (Å²) in [6.45, 7) is 2.03. The van der Waals surface area contributed by atoms with Crippen LogP contribution >= 0.6 is 0 Å². The highest BCUT2D eigenvalue weighted by Gasteiger charge is 2.14. The Morgan fingerprint density at radius 2 is 0.714 bits per heavy atom. The van der Waals surface area contributed by atoms with Crippen molar-refractivity contribution in [1.82, 2.24) is 29.9 Å². The molecule has 4 heterocycles. The molecular weight excluding hydrogens is 601 g/mol. The molecule has 0 radical (unpaired) electrons. The van der Waals surface area contributed by atoms with Gasteiger partial charge >= 0.3 is 0 Å². The van der Waals surface area contributed by atoms with Crippen LogP contribution in [0.4, 0.5) is 0 Å². The van der Waals surface area contributed by atoms with Crippen LogP contribution in [0.3, 0.4) is 0 Å². The molecule has 4 aromatic carbocycles. The number of aromatic nitrogens is 6. The van der Waals surface area contributed by atoms with Crippen molar-refractivity contribution in [1.29, 1.82) is 0 Å². The van der Waals surface area contributed by atoms with Gasteiger partial charge in [-0.05, 0) is 53.4 Å². The lowest BCUT2D eigenvalue weighted by Gasteiger charge is -2.10. The van der Waals surface area contributed by atoms with Crippen molar-refractivity contribution in [3.05, 3.63) is 170 Å². The molecule has 0 N–H and O–H groups in total. The molecule has 232 valence electrons. The van der Waals surface area contributed by atoms with E-state index in [-0.39, 0.29) is 0 Å². The smallest absolute Gasteiger partial charge is 0.164 e. The summed E-state index contributed by atoms with van der Waals surface area (Å²) in [4.78, 5) is 29.0. The summed E-state index contributed by atoms with van der Waals surface area (Å²) in [6, 6.07) is 50.9. The number of aryl methyl sites for hydroxylation is 1. The first-order valence-corrected chi connectivity index (χ1v) is 16.1. The first-order valence-electron chi connectivity index (χ1n) is 16.1. The summed E-state index contributed by atoms with van der Waals surface area (Å²) >= 11 is 0. The SMILES string of the molecule is Cc1ccc(-c2cc(-c3ccccc3)cc(-c3ccc(-c4ccc(-c5nc(-c6ccccc6)nc(-c6ccccc6)n5)cc4)cn3)n2)nc1. The normalized spacial score (nSPS) is 11.0. The molecule has 8 rings (SSSR count). The molecule has 0 atom stereocenters. The van der Waals surface area contributed by atoms with Gasteiger partial charge in [0.05, 0.1) is 22.8 Å². The van der Waals surface area contributed by atoms with Crippen molar-refractivity contribution in [2.45, 2.75) is 6.92 Å². The third-order valence-corrected chi connectivity index (χ3v) is 8.31. The van der Waals surface area contributed by atoms with E-state index in [1.54, 1.807) is 0 Å². The molecule has 49 heavy (non-hydrogen) atoms. The zero-order valence-electron chi connectivity index (χ0n) is 26.8. The van der Waals surface area contributed by atoms with Gasteiger partial charge in [0, 0.05) is 34.6 Å². The van der Waals surface area contributed by atoms with Gasteiger partial charge in [-0.15, -0.1) is 0 Å². The number of pyridine rings is 3. The number of rotatable bonds is 7. The maximum absolute atomic E-state index is 4.99. The third kappa shape index (κ3) is 6.48. The van der Waals surface area contributed by atoms with Crippen LogP contribution in [0, 0.1) is 6.92 Å². The van der Waals surface area contributed by atoms with Crippen LogP contribution in [0.5, 0.6) is 0 Å². The predicted molar refractivity (Wildman–Crippen MR) is 196 cm³/mol. The van der Waals surface area contributed by atoms with E-state index in [2.05, 4.69) is 53.5 Å². The van der Waals surface area contributed by atoms with Gasteiger partial charge in [-0.3, -0.25) is 9.97 Å². The quantitative estimate of drug-likeness (QED) is 0.174. The highest BCUT2D eigenvalue weighted by molar-refractivity contribution is 5.76. The summed E-state index contributed by atoms with van der Waals surface area (Å²) in [6.07, 6.45) is 3.77. The van der Waals surface area contributed by atoms with E-state index in [4.69, 9.17) is 24.9 Å². The maximum atomic E-state index is 4.99. The lowest BCUT2D eigenvalue weighted by Crippen LogP contribution is -2.00. The fourth-order valence-corrected chi connectivity index (χ4v) is 5.68.